The van der Waals surface area contributed by atoms with Crippen molar-refractivity contribution >= 4 is 47.0 Å². The summed E-state index contributed by atoms with van der Waals surface area (Å²) in [6.07, 6.45) is 2.31. The van der Waals surface area contributed by atoms with Crippen LogP contribution in [-0.2, 0) is 4.74 Å². The first-order valence-corrected chi connectivity index (χ1v) is 12.0. The van der Waals surface area contributed by atoms with Gasteiger partial charge in [-0.25, -0.2) is 4.98 Å². The van der Waals surface area contributed by atoms with E-state index in [0.29, 0.717) is 60.9 Å². The molecule has 4 aromatic rings. The van der Waals surface area contributed by atoms with E-state index in [0.717, 1.165) is 24.1 Å². The number of furan rings is 1. The van der Waals surface area contributed by atoms with Crippen molar-refractivity contribution in [2.45, 2.75) is 25.8 Å². The van der Waals surface area contributed by atoms with Crippen LogP contribution in [0.5, 0.6) is 0 Å². The van der Waals surface area contributed by atoms with Crippen LogP contribution < -0.4 is 15.5 Å². The Hall–Kier alpha value is -3.63. The summed E-state index contributed by atoms with van der Waals surface area (Å²) in [5.74, 6) is 2.16. The van der Waals surface area contributed by atoms with Gasteiger partial charge < -0.3 is 24.7 Å². The molecule has 3 aromatic heterocycles. The summed E-state index contributed by atoms with van der Waals surface area (Å²) in [6, 6.07) is 13.7. The van der Waals surface area contributed by atoms with E-state index in [1.807, 2.05) is 43.3 Å². The first-order valence-electron chi connectivity index (χ1n) is 12.0. The summed E-state index contributed by atoms with van der Waals surface area (Å²) in [4.78, 5) is 24.3. The average Bonchev–Trinajstić information content (AvgIpc) is 3.49. The Bertz CT molecular complexity index is 1350. The van der Waals surface area contributed by atoms with Crippen molar-refractivity contribution in [3.05, 3.63) is 48.2 Å². The van der Waals surface area contributed by atoms with E-state index in [2.05, 4.69) is 30.7 Å². The van der Waals surface area contributed by atoms with Gasteiger partial charge in [0.05, 0.1) is 18.9 Å². The third-order valence-corrected chi connectivity index (χ3v) is 6.48. The van der Waals surface area contributed by atoms with Gasteiger partial charge in [-0.05, 0) is 31.2 Å². The number of aromatic nitrogens is 4. The average molecular weight is 510 g/mol. The molecule has 10 nitrogen and oxygen atoms in total. The zero-order valence-electron chi connectivity index (χ0n) is 19.9. The molecule has 1 saturated carbocycles. The number of nitrogens with one attached hydrogen (secondary N) is 3. The molecular formula is C25H28ClN7O3. The fourth-order valence-corrected chi connectivity index (χ4v) is 4.33. The van der Waals surface area contributed by atoms with Gasteiger partial charge >= 0.3 is 0 Å². The number of aromatic amines is 1. The highest BCUT2D eigenvalue weighted by molar-refractivity contribution is 5.97. The second kappa shape index (κ2) is 10.2. The Morgan fingerprint density at radius 1 is 1.14 bits per heavy atom. The molecule has 2 aliphatic rings. The molecule has 1 aromatic carbocycles. The van der Waals surface area contributed by atoms with E-state index < -0.39 is 0 Å². The van der Waals surface area contributed by atoms with Crippen LogP contribution in [0.3, 0.4) is 0 Å². The maximum atomic E-state index is 12.8. The normalized spacial score (nSPS) is 16.4. The number of ether oxygens (including phenoxy) is 1. The van der Waals surface area contributed by atoms with Gasteiger partial charge in [0.2, 0.25) is 5.95 Å². The summed E-state index contributed by atoms with van der Waals surface area (Å²) in [6.45, 7) is 4.58. The number of benzene rings is 1. The molecule has 0 spiro atoms. The van der Waals surface area contributed by atoms with Gasteiger partial charge in [0.1, 0.15) is 5.52 Å². The number of halogens is 1. The lowest BCUT2D eigenvalue weighted by molar-refractivity contribution is 0.0910. The number of carbonyl (C=O) groups excluding carboxylic acids is 1. The fourth-order valence-electron chi connectivity index (χ4n) is 4.33. The van der Waals surface area contributed by atoms with Gasteiger partial charge in [-0.1, -0.05) is 30.3 Å². The molecule has 1 atom stereocenters. The van der Waals surface area contributed by atoms with Gasteiger partial charge in [-0.15, -0.1) is 12.4 Å². The van der Waals surface area contributed by atoms with Crippen molar-refractivity contribution in [1.29, 1.82) is 0 Å². The highest BCUT2D eigenvalue weighted by Crippen LogP contribution is 2.33. The second-order valence-electron chi connectivity index (χ2n) is 9.05. The van der Waals surface area contributed by atoms with Crippen LogP contribution in [0, 0.1) is 5.92 Å². The molecule has 1 amide bonds. The lowest BCUT2D eigenvalue weighted by Crippen LogP contribution is -2.37. The predicted octanol–water partition coefficient (Wildman–Crippen LogP) is 4.14. The number of H-pyrrole nitrogens is 1. The number of nitrogens with zero attached hydrogens (tertiary/aromatic N) is 4. The topological polar surface area (TPSA) is 121 Å². The van der Waals surface area contributed by atoms with Crippen LogP contribution in [-0.4, -0.2) is 58.4 Å². The van der Waals surface area contributed by atoms with Crippen LogP contribution in [0.25, 0.3) is 22.4 Å². The van der Waals surface area contributed by atoms with Gasteiger partial charge in [0.25, 0.3) is 5.91 Å². The van der Waals surface area contributed by atoms with Gasteiger partial charge in [-0.3, -0.25) is 9.89 Å². The number of amides is 1. The molecule has 0 bridgehead atoms. The summed E-state index contributed by atoms with van der Waals surface area (Å²) in [5, 5.41) is 13.6. The number of morpholine rings is 1. The number of anilines is 3. The first kappa shape index (κ1) is 24.1. The second-order valence-corrected chi connectivity index (χ2v) is 9.05. The minimum Gasteiger partial charge on any atom is -0.445 e. The number of rotatable bonds is 7. The van der Waals surface area contributed by atoms with Gasteiger partial charge in [0, 0.05) is 31.3 Å². The van der Waals surface area contributed by atoms with Crippen molar-refractivity contribution < 1.29 is 13.9 Å². The van der Waals surface area contributed by atoms with Crippen molar-refractivity contribution in [2.24, 2.45) is 5.92 Å². The van der Waals surface area contributed by atoms with Crippen LogP contribution in [0.15, 0.2) is 46.9 Å². The predicted molar refractivity (Wildman–Crippen MR) is 139 cm³/mol. The van der Waals surface area contributed by atoms with Crippen molar-refractivity contribution in [1.82, 2.24) is 25.5 Å². The minimum atomic E-state index is -0.232. The molecule has 11 heteroatoms. The summed E-state index contributed by atoms with van der Waals surface area (Å²) < 4.78 is 11.5. The Kier molecular flexibility index (Phi) is 6.80. The molecule has 1 unspecified atom stereocenters. The van der Waals surface area contributed by atoms with Crippen LogP contribution >= 0.6 is 12.4 Å². The quantitative estimate of drug-likeness (QED) is 0.340. The maximum Gasteiger partial charge on any atom is 0.287 e. The van der Waals surface area contributed by atoms with Crippen molar-refractivity contribution in [3.8, 4) is 11.3 Å². The summed E-state index contributed by atoms with van der Waals surface area (Å²) in [5.41, 5.74) is 2.97. The SMILES string of the molecule is CC(NC(=O)c1cc2nc(Nc3cc(-c4ccccc4)[nH]n3)nc(N3CCOCC3)c2o1)C1CC1.Cl. The van der Waals surface area contributed by atoms with Crippen molar-refractivity contribution in [2.75, 3.05) is 36.5 Å². The third kappa shape index (κ3) is 5.00. The third-order valence-electron chi connectivity index (χ3n) is 6.48. The van der Waals surface area contributed by atoms with Crippen LogP contribution in [0.2, 0.25) is 0 Å². The van der Waals surface area contributed by atoms with Gasteiger partial charge in [0.15, 0.2) is 23.0 Å². The standard InChI is InChI=1S/C25H27N7O3.ClH/c1-15(16-7-8-16)26-24(33)20-13-19-22(35-20)23(32-9-11-34-12-10-32)29-25(27-19)28-21-14-18(30-31-21)17-5-3-2-4-6-17;/h2-6,13-16H,7-12H2,1H3,(H,26,33)(H2,27,28,29,30,31);1H. The fraction of sp³-hybridized carbons (Fsp3) is 0.360. The molecule has 4 heterocycles. The molecular weight excluding hydrogens is 482 g/mol. The van der Waals surface area contributed by atoms with E-state index >= 15 is 0 Å². The van der Waals surface area contributed by atoms with E-state index in [1.54, 1.807) is 6.07 Å². The molecule has 2 fully saturated rings. The first-order chi connectivity index (χ1) is 17.1. The number of hydrogen-bond donors (Lipinski definition) is 3. The molecule has 36 heavy (non-hydrogen) atoms. The molecule has 0 radical (unpaired) electrons. The minimum absolute atomic E-state index is 0. The molecule has 188 valence electrons. The van der Waals surface area contributed by atoms with E-state index in [9.17, 15) is 4.79 Å². The largest absolute Gasteiger partial charge is 0.445 e. The number of carbonyl (C=O) groups is 1. The summed E-state index contributed by atoms with van der Waals surface area (Å²) in [7, 11) is 0. The van der Waals surface area contributed by atoms with Crippen molar-refractivity contribution in [3.63, 3.8) is 0 Å². The zero-order valence-corrected chi connectivity index (χ0v) is 20.7. The van der Waals surface area contributed by atoms with Crippen LogP contribution in [0.4, 0.5) is 17.6 Å². The molecule has 6 rings (SSSR count). The zero-order chi connectivity index (χ0) is 23.8. The van der Waals surface area contributed by atoms with Crippen LogP contribution in [0.1, 0.15) is 30.3 Å². The maximum absolute atomic E-state index is 12.8. The van der Waals surface area contributed by atoms with E-state index in [1.165, 1.54) is 0 Å². The molecule has 1 saturated heterocycles. The molecule has 3 N–H and O–H groups in total. The number of fused-ring (bicyclic) bond motifs is 1. The molecule has 1 aliphatic heterocycles. The Balaban J connectivity index is 0.00000267. The monoisotopic (exact) mass is 509 g/mol. The smallest absolute Gasteiger partial charge is 0.287 e. The lowest BCUT2D eigenvalue weighted by atomic mass is 10.2. The van der Waals surface area contributed by atoms with Gasteiger partial charge in [-0.2, -0.15) is 10.1 Å². The van der Waals surface area contributed by atoms with E-state index in [4.69, 9.17) is 14.1 Å². The van der Waals surface area contributed by atoms with E-state index in [-0.39, 0.29) is 30.1 Å². The Labute approximate surface area is 214 Å². The number of hydrogen-bond acceptors (Lipinski definition) is 8. The highest BCUT2D eigenvalue weighted by atomic mass is 35.5. The highest BCUT2D eigenvalue weighted by Gasteiger charge is 2.30. The summed E-state index contributed by atoms with van der Waals surface area (Å²) >= 11 is 0. The lowest BCUT2D eigenvalue weighted by Gasteiger charge is -2.27. The molecule has 1 aliphatic carbocycles. The Morgan fingerprint density at radius 3 is 2.67 bits per heavy atom. The Morgan fingerprint density at radius 2 is 1.92 bits per heavy atom.